The molecule has 134 valence electrons. The summed E-state index contributed by atoms with van der Waals surface area (Å²) in [5.74, 6) is 0.987. The Hall–Kier alpha value is -2.86. The van der Waals surface area contributed by atoms with E-state index in [1.54, 1.807) is 7.11 Å². The van der Waals surface area contributed by atoms with Crippen molar-refractivity contribution in [1.82, 2.24) is 20.4 Å². The molecule has 0 aliphatic carbocycles. The fourth-order valence-electron chi connectivity index (χ4n) is 3.42. The number of fused-ring (bicyclic) bond motifs is 1. The maximum absolute atomic E-state index is 11.5. The minimum Gasteiger partial charge on any atom is -0.496 e. The van der Waals surface area contributed by atoms with E-state index in [0.29, 0.717) is 13.0 Å². The van der Waals surface area contributed by atoms with Crippen LogP contribution < -0.4 is 10.1 Å². The molecule has 3 aromatic rings. The zero-order valence-electron chi connectivity index (χ0n) is 14.8. The van der Waals surface area contributed by atoms with Crippen molar-refractivity contribution in [2.24, 2.45) is 0 Å². The number of nitrogens with one attached hydrogen (secondary N) is 2. The first kappa shape index (κ1) is 16.6. The van der Waals surface area contributed by atoms with Crippen molar-refractivity contribution in [2.75, 3.05) is 26.7 Å². The van der Waals surface area contributed by atoms with Gasteiger partial charge < -0.3 is 10.1 Å². The van der Waals surface area contributed by atoms with Gasteiger partial charge in [0.25, 0.3) is 0 Å². The van der Waals surface area contributed by atoms with Crippen LogP contribution in [0.25, 0.3) is 22.0 Å². The molecule has 1 aliphatic heterocycles. The summed E-state index contributed by atoms with van der Waals surface area (Å²) in [6.07, 6.45) is 2.39. The lowest BCUT2D eigenvalue weighted by atomic mass is 10.0. The maximum Gasteiger partial charge on any atom is 0.221 e. The second-order valence-electron chi connectivity index (χ2n) is 6.58. The number of aromatic nitrogens is 2. The molecule has 2 aromatic carbocycles. The molecule has 26 heavy (non-hydrogen) atoms. The van der Waals surface area contributed by atoms with Crippen LogP contribution in [0.15, 0.2) is 42.6 Å². The van der Waals surface area contributed by atoms with E-state index in [1.165, 1.54) is 5.56 Å². The number of amides is 1. The number of benzene rings is 2. The maximum atomic E-state index is 11.5. The highest BCUT2D eigenvalue weighted by atomic mass is 16.5. The van der Waals surface area contributed by atoms with Gasteiger partial charge in [0.05, 0.1) is 18.8 Å². The molecule has 1 saturated heterocycles. The summed E-state index contributed by atoms with van der Waals surface area (Å²) < 4.78 is 5.58. The van der Waals surface area contributed by atoms with Gasteiger partial charge in [-0.15, -0.1) is 0 Å². The number of carbonyl (C=O) groups is 1. The summed E-state index contributed by atoms with van der Waals surface area (Å²) >= 11 is 0. The van der Waals surface area contributed by atoms with E-state index in [2.05, 4.69) is 44.7 Å². The number of rotatable bonds is 4. The zero-order chi connectivity index (χ0) is 17.9. The molecular formula is C20H22N4O2. The molecular weight excluding hydrogens is 328 g/mol. The highest BCUT2D eigenvalue weighted by molar-refractivity contribution is 5.85. The molecule has 4 rings (SSSR count). The SMILES string of the molecule is COc1ccc(CN2CCNC(=O)CC2)cc1-c1ccc2[nH]ncc2c1. The minimum atomic E-state index is 0.135. The first-order chi connectivity index (χ1) is 12.7. The molecule has 0 bridgehead atoms. The predicted octanol–water partition coefficient (Wildman–Crippen LogP) is 2.56. The summed E-state index contributed by atoms with van der Waals surface area (Å²) in [7, 11) is 1.70. The van der Waals surface area contributed by atoms with Crippen molar-refractivity contribution < 1.29 is 9.53 Å². The second kappa shape index (κ2) is 7.17. The number of methoxy groups -OCH3 is 1. The van der Waals surface area contributed by atoms with Gasteiger partial charge in [-0.25, -0.2) is 0 Å². The van der Waals surface area contributed by atoms with E-state index < -0.39 is 0 Å². The largest absolute Gasteiger partial charge is 0.496 e. The number of H-pyrrole nitrogens is 1. The van der Waals surface area contributed by atoms with Gasteiger partial charge in [-0.05, 0) is 35.4 Å². The molecule has 6 nitrogen and oxygen atoms in total. The lowest BCUT2D eigenvalue weighted by molar-refractivity contribution is -0.120. The van der Waals surface area contributed by atoms with Crippen molar-refractivity contribution in [2.45, 2.75) is 13.0 Å². The van der Waals surface area contributed by atoms with Crippen LogP contribution in [-0.2, 0) is 11.3 Å². The fourth-order valence-corrected chi connectivity index (χ4v) is 3.42. The van der Waals surface area contributed by atoms with Crippen molar-refractivity contribution in [1.29, 1.82) is 0 Å². The highest BCUT2D eigenvalue weighted by Crippen LogP contribution is 2.33. The summed E-state index contributed by atoms with van der Waals surface area (Å²) in [5.41, 5.74) is 4.40. The predicted molar refractivity (Wildman–Crippen MR) is 101 cm³/mol. The van der Waals surface area contributed by atoms with Crippen molar-refractivity contribution >= 4 is 16.8 Å². The number of hydrogen-bond donors (Lipinski definition) is 2. The Morgan fingerprint density at radius 1 is 1.19 bits per heavy atom. The number of carbonyl (C=O) groups excluding carboxylic acids is 1. The molecule has 1 amide bonds. The van der Waals surface area contributed by atoms with E-state index in [0.717, 1.165) is 47.4 Å². The van der Waals surface area contributed by atoms with Gasteiger partial charge in [0.15, 0.2) is 0 Å². The van der Waals surface area contributed by atoms with E-state index in [1.807, 2.05) is 18.3 Å². The zero-order valence-corrected chi connectivity index (χ0v) is 14.8. The third kappa shape index (κ3) is 3.41. The topological polar surface area (TPSA) is 70.2 Å². The van der Waals surface area contributed by atoms with Crippen LogP contribution in [0.5, 0.6) is 5.75 Å². The van der Waals surface area contributed by atoms with Gasteiger partial charge in [-0.1, -0.05) is 12.1 Å². The monoisotopic (exact) mass is 350 g/mol. The molecule has 2 N–H and O–H groups in total. The van der Waals surface area contributed by atoms with Crippen LogP contribution in [0.1, 0.15) is 12.0 Å². The first-order valence-corrected chi connectivity index (χ1v) is 8.82. The molecule has 0 unspecified atom stereocenters. The normalized spacial score (nSPS) is 15.7. The summed E-state index contributed by atoms with van der Waals surface area (Å²) in [6.45, 7) is 3.18. The minimum absolute atomic E-state index is 0.135. The average Bonchev–Trinajstić information content (AvgIpc) is 3.04. The van der Waals surface area contributed by atoms with Crippen LogP contribution in [0.2, 0.25) is 0 Å². The Kier molecular flexibility index (Phi) is 4.58. The number of aromatic amines is 1. The first-order valence-electron chi connectivity index (χ1n) is 8.82. The van der Waals surface area contributed by atoms with Gasteiger partial charge in [0.2, 0.25) is 5.91 Å². The van der Waals surface area contributed by atoms with Crippen LogP contribution in [0, 0.1) is 0 Å². The molecule has 1 fully saturated rings. The van der Waals surface area contributed by atoms with Gasteiger partial charge in [-0.2, -0.15) is 5.10 Å². The third-order valence-electron chi connectivity index (χ3n) is 4.83. The molecule has 0 spiro atoms. The van der Waals surface area contributed by atoms with Crippen molar-refractivity contribution in [3.8, 4) is 16.9 Å². The molecule has 0 saturated carbocycles. The number of nitrogens with zero attached hydrogens (tertiary/aromatic N) is 2. The van der Waals surface area contributed by atoms with E-state index in [4.69, 9.17) is 4.74 Å². The van der Waals surface area contributed by atoms with E-state index in [-0.39, 0.29) is 5.91 Å². The Labute approximate surface area is 152 Å². The van der Waals surface area contributed by atoms with Gasteiger partial charge >= 0.3 is 0 Å². The number of ether oxygens (including phenoxy) is 1. The van der Waals surface area contributed by atoms with Crippen LogP contribution >= 0.6 is 0 Å². The van der Waals surface area contributed by atoms with E-state index >= 15 is 0 Å². The Bertz CT molecular complexity index is 934. The summed E-state index contributed by atoms with van der Waals surface area (Å²) in [6, 6.07) is 12.5. The van der Waals surface area contributed by atoms with Crippen molar-refractivity contribution in [3.05, 3.63) is 48.2 Å². The lowest BCUT2D eigenvalue weighted by Crippen LogP contribution is -2.28. The molecule has 2 heterocycles. The van der Waals surface area contributed by atoms with Crippen LogP contribution in [0.4, 0.5) is 0 Å². The molecule has 1 aliphatic rings. The molecule has 1 aromatic heterocycles. The van der Waals surface area contributed by atoms with E-state index in [9.17, 15) is 4.79 Å². The van der Waals surface area contributed by atoms with Crippen LogP contribution in [-0.4, -0.2) is 47.7 Å². The van der Waals surface area contributed by atoms with Crippen molar-refractivity contribution in [3.63, 3.8) is 0 Å². The molecule has 6 heteroatoms. The Balaban J connectivity index is 1.63. The second-order valence-corrected chi connectivity index (χ2v) is 6.58. The van der Waals surface area contributed by atoms with Gasteiger partial charge in [0, 0.05) is 43.5 Å². The van der Waals surface area contributed by atoms with Gasteiger partial charge in [-0.3, -0.25) is 14.8 Å². The smallest absolute Gasteiger partial charge is 0.221 e. The number of hydrogen-bond acceptors (Lipinski definition) is 4. The molecule has 0 atom stereocenters. The quantitative estimate of drug-likeness (QED) is 0.759. The van der Waals surface area contributed by atoms with Crippen LogP contribution in [0.3, 0.4) is 0 Å². The molecule has 0 radical (unpaired) electrons. The standard InChI is InChI=1S/C20H22N4O2/c1-26-19-5-2-14(13-24-8-6-20(25)21-7-9-24)10-17(19)15-3-4-18-16(11-15)12-22-23-18/h2-5,10-12H,6-9,13H2,1H3,(H,21,25)(H,22,23). The van der Waals surface area contributed by atoms with Gasteiger partial charge in [0.1, 0.15) is 5.75 Å². The lowest BCUT2D eigenvalue weighted by Gasteiger charge is -2.20. The Morgan fingerprint density at radius 2 is 2.12 bits per heavy atom. The summed E-state index contributed by atoms with van der Waals surface area (Å²) in [4.78, 5) is 13.8. The fraction of sp³-hybridized carbons (Fsp3) is 0.300. The highest BCUT2D eigenvalue weighted by Gasteiger charge is 2.15. The average molecular weight is 350 g/mol. The third-order valence-corrected chi connectivity index (χ3v) is 4.83. The summed E-state index contributed by atoms with van der Waals surface area (Å²) in [5, 5.41) is 11.1. The Morgan fingerprint density at radius 3 is 3.00 bits per heavy atom.